The first-order valence-electron chi connectivity index (χ1n) is 8.77. The van der Waals surface area contributed by atoms with E-state index in [1.807, 2.05) is 28.8 Å². The van der Waals surface area contributed by atoms with Gasteiger partial charge in [-0.2, -0.15) is 0 Å². The molecule has 3 aromatic rings. The van der Waals surface area contributed by atoms with E-state index in [1.54, 1.807) is 23.1 Å². The minimum Gasteiger partial charge on any atom is -0.495 e. The van der Waals surface area contributed by atoms with Crippen LogP contribution in [0.5, 0.6) is 5.75 Å². The molecule has 3 heterocycles. The summed E-state index contributed by atoms with van der Waals surface area (Å²) < 4.78 is 7.13. The molecule has 28 heavy (non-hydrogen) atoms. The third-order valence-corrected chi connectivity index (χ3v) is 4.97. The Morgan fingerprint density at radius 1 is 1.32 bits per heavy atom. The van der Waals surface area contributed by atoms with Crippen molar-refractivity contribution in [1.29, 1.82) is 0 Å². The molecular formula is C19H18ClN5O3. The van der Waals surface area contributed by atoms with Gasteiger partial charge in [-0.05, 0) is 30.3 Å². The fraction of sp³-hybridized carbons (Fsp3) is 0.263. The summed E-state index contributed by atoms with van der Waals surface area (Å²) in [4.78, 5) is 26.7. The summed E-state index contributed by atoms with van der Waals surface area (Å²) in [5.74, 6) is 0.351. The summed E-state index contributed by atoms with van der Waals surface area (Å²) in [6.07, 6.45) is 1.96. The Hall–Kier alpha value is -3.13. The van der Waals surface area contributed by atoms with E-state index >= 15 is 0 Å². The van der Waals surface area contributed by atoms with Crippen molar-refractivity contribution in [2.45, 2.75) is 13.0 Å². The lowest BCUT2D eigenvalue weighted by Crippen LogP contribution is -2.33. The molecule has 1 aliphatic heterocycles. The fourth-order valence-electron chi connectivity index (χ4n) is 3.31. The number of rotatable bonds is 5. The topological polar surface area (TPSA) is 88.8 Å². The van der Waals surface area contributed by atoms with E-state index in [4.69, 9.17) is 16.3 Å². The normalized spacial score (nSPS) is 16.6. The second-order valence-corrected chi connectivity index (χ2v) is 6.92. The van der Waals surface area contributed by atoms with Crippen LogP contribution in [0.15, 0.2) is 42.6 Å². The maximum atomic E-state index is 12.6. The molecule has 1 saturated heterocycles. The minimum absolute atomic E-state index is 0.127. The molecule has 1 aliphatic rings. The summed E-state index contributed by atoms with van der Waals surface area (Å²) in [7, 11) is 1.53. The molecule has 2 amide bonds. The van der Waals surface area contributed by atoms with Crippen molar-refractivity contribution >= 4 is 34.7 Å². The average molecular weight is 400 g/mol. The number of hydrogen-bond acceptors (Lipinski definition) is 5. The van der Waals surface area contributed by atoms with Crippen molar-refractivity contribution in [3.8, 4) is 5.75 Å². The van der Waals surface area contributed by atoms with E-state index in [0.29, 0.717) is 27.9 Å². The zero-order valence-corrected chi connectivity index (χ0v) is 15.9. The number of carbonyl (C=O) groups excluding carboxylic acids is 2. The lowest BCUT2D eigenvalue weighted by atomic mass is 10.1. The monoisotopic (exact) mass is 399 g/mol. The number of amides is 2. The third kappa shape index (κ3) is 3.38. The van der Waals surface area contributed by atoms with Gasteiger partial charge in [-0.15, -0.1) is 10.2 Å². The number of carbonyl (C=O) groups is 2. The molecule has 0 saturated carbocycles. The van der Waals surface area contributed by atoms with Crippen molar-refractivity contribution in [1.82, 2.24) is 19.9 Å². The van der Waals surface area contributed by atoms with Gasteiger partial charge in [0.2, 0.25) is 11.8 Å². The molecule has 1 fully saturated rings. The van der Waals surface area contributed by atoms with Crippen LogP contribution >= 0.6 is 11.6 Å². The first-order chi connectivity index (χ1) is 13.6. The van der Waals surface area contributed by atoms with Crippen molar-refractivity contribution in [3.63, 3.8) is 0 Å². The fourth-order valence-corrected chi connectivity index (χ4v) is 3.48. The standard InChI is InChI=1S/C19H18ClN5O3/c1-28-15-6-5-13(20)9-14(15)25-11-12(8-18(25)26)19(27)21-10-17-23-22-16-4-2-3-7-24(16)17/h2-7,9,12H,8,10-11H2,1H3,(H,21,27)/t12-/m0/s1. The van der Waals surface area contributed by atoms with Crippen molar-refractivity contribution in [3.05, 3.63) is 53.4 Å². The number of ether oxygens (including phenoxy) is 1. The van der Waals surface area contributed by atoms with Crippen LogP contribution in [0.1, 0.15) is 12.2 Å². The number of fused-ring (bicyclic) bond motifs is 1. The molecule has 2 aromatic heterocycles. The van der Waals surface area contributed by atoms with E-state index < -0.39 is 5.92 Å². The van der Waals surface area contributed by atoms with Gasteiger partial charge < -0.3 is 15.0 Å². The predicted octanol–water partition coefficient (Wildman–Crippen LogP) is 2.06. The highest BCUT2D eigenvalue weighted by Gasteiger charge is 2.36. The largest absolute Gasteiger partial charge is 0.495 e. The van der Waals surface area contributed by atoms with Crippen LogP contribution in [-0.2, 0) is 16.1 Å². The Kier molecular flexibility index (Phi) is 4.87. The molecule has 9 heteroatoms. The lowest BCUT2D eigenvalue weighted by Gasteiger charge is -2.19. The number of methoxy groups -OCH3 is 1. The van der Waals surface area contributed by atoms with Gasteiger partial charge in [0.05, 0.1) is 25.3 Å². The quantitative estimate of drug-likeness (QED) is 0.709. The van der Waals surface area contributed by atoms with Crippen LogP contribution in [0.2, 0.25) is 5.02 Å². The van der Waals surface area contributed by atoms with E-state index in [2.05, 4.69) is 15.5 Å². The minimum atomic E-state index is -0.463. The van der Waals surface area contributed by atoms with Gasteiger partial charge in [-0.1, -0.05) is 17.7 Å². The summed E-state index contributed by atoms with van der Waals surface area (Å²) >= 11 is 6.07. The van der Waals surface area contributed by atoms with E-state index in [0.717, 1.165) is 0 Å². The van der Waals surface area contributed by atoms with Crippen LogP contribution in [0.3, 0.4) is 0 Å². The summed E-state index contributed by atoms with van der Waals surface area (Å²) in [6.45, 7) is 0.497. The van der Waals surface area contributed by atoms with Crippen molar-refractivity contribution in [2.24, 2.45) is 5.92 Å². The van der Waals surface area contributed by atoms with Crippen LogP contribution in [0.25, 0.3) is 5.65 Å². The molecule has 8 nitrogen and oxygen atoms in total. The number of halogens is 1. The van der Waals surface area contributed by atoms with Gasteiger partial charge in [0.15, 0.2) is 11.5 Å². The van der Waals surface area contributed by atoms with Crippen LogP contribution < -0.4 is 15.0 Å². The van der Waals surface area contributed by atoms with E-state index in [9.17, 15) is 9.59 Å². The van der Waals surface area contributed by atoms with Gasteiger partial charge in [0.25, 0.3) is 0 Å². The molecule has 0 unspecified atom stereocenters. The summed E-state index contributed by atoms with van der Waals surface area (Å²) in [5.41, 5.74) is 1.28. The Balaban J connectivity index is 1.45. The highest BCUT2D eigenvalue weighted by Crippen LogP contribution is 2.35. The summed E-state index contributed by atoms with van der Waals surface area (Å²) in [6, 6.07) is 10.6. The molecule has 0 spiro atoms. The molecule has 0 bridgehead atoms. The smallest absolute Gasteiger partial charge is 0.227 e. The SMILES string of the molecule is COc1ccc(Cl)cc1N1C[C@@H](C(=O)NCc2nnc3ccccn23)CC1=O. The number of aromatic nitrogens is 3. The highest BCUT2D eigenvalue weighted by atomic mass is 35.5. The first-order valence-corrected chi connectivity index (χ1v) is 9.15. The molecule has 1 atom stereocenters. The average Bonchev–Trinajstić information content (AvgIpc) is 3.29. The summed E-state index contributed by atoms with van der Waals surface area (Å²) in [5, 5.41) is 11.5. The molecule has 144 valence electrons. The van der Waals surface area contributed by atoms with Gasteiger partial charge >= 0.3 is 0 Å². The van der Waals surface area contributed by atoms with Gasteiger partial charge in [0.1, 0.15) is 5.75 Å². The zero-order valence-electron chi connectivity index (χ0n) is 15.1. The van der Waals surface area contributed by atoms with Gasteiger partial charge in [0, 0.05) is 24.2 Å². The molecule has 1 N–H and O–H groups in total. The molecule has 1 aromatic carbocycles. The number of hydrogen-bond donors (Lipinski definition) is 1. The maximum Gasteiger partial charge on any atom is 0.227 e. The van der Waals surface area contributed by atoms with E-state index in [1.165, 1.54) is 7.11 Å². The predicted molar refractivity (Wildman–Crippen MR) is 103 cm³/mol. The molecule has 0 aliphatic carbocycles. The molecular weight excluding hydrogens is 382 g/mol. The molecule has 4 rings (SSSR count). The zero-order chi connectivity index (χ0) is 19.7. The number of nitrogens with zero attached hydrogens (tertiary/aromatic N) is 4. The first kappa shape index (κ1) is 18.2. The Labute approximate surface area is 166 Å². The maximum absolute atomic E-state index is 12.6. The second kappa shape index (κ2) is 7.47. The number of benzene rings is 1. The van der Waals surface area contributed by atoms with Gasteiger partial charge in [-0.3, -0.25) is 14.0 Å². The van der Waals surface area contributed by atoms with Gasteiger partial charge in [-0.25, -0.2) is 0 Å². The molecule has 0 radical (unpaired) electrons. The lowest BCUT2D eigenvalue weighted by molar-refractivity contribution is -0.126. The Morgan fingerprint density at radius 3 is 3.00 bits per heavy atom. The Bertz CT molecular complexity index is 1050. The number of pyridine rings is 1. The van der Waals surface area contributed by atoms with E-state index in [-0.39, 0.29) is 31.3 Å². The third-order valence-electron chi connectivity index (χ3n) is 4.73. The number of nitrogens with one attached hydrogen (secondary N) is 1. The van der Waals surface area contributed by atoms with Crippen LogP contribution in [0.4, 0.5) is 5.69 Å². The Morgan fingerprint density at radius 2 is 2.18 bits per heavy atom. The second-order valence-electron chi connectivity index (χ2n) is 6.48. The highest BCUT2D eigenvalue weighted by molar-refractivity contribution is 6.31. The van der Waals surface area contributed by atoms with Crippen molar-refractivity contribution in [2.75, 3.05) is 18.6 Å². The van der Waals surface area contributed by atoms with Crippen LogP contribution in [-0.4, -0.2) is 40.1 Å². The number of anilines is 1. The van der Waals surface area contributed by atoms with Crippen LogP contribution in [0, 0.1) is 5.92 Å². The van der Waals surface area contributed by atoms with Crippen molar-refractivity contribution < 1.29 is 14.3 Å².